The minimum atomic E-state index is 0.0158. The summed E-state index contributed by atoms with van der Waals surface area (Å²) in [6.07, 6.45) is 0.804. The van der Waals surface area contributed by atoms with Gasteiger partial charge in [-0.2, -0.15) is 0 Å². The Morgan fingerprint density at radius 3 is 2.56 bits per heavy atom. The molecular weight excluding hydrogens is 204 g/mol. The zero-order valence-electron chi connectivity index (χ0n) is 9.26. The minimum Gasteiger partial charge on any atom is -0.508 e. The molecule has 2 unspecified atom stereocenters. The Bertz CT molecular complexity index is 389. The van der Waals surface area contributed by atoms with Crippen molar-refractivity contribution in [1.29, 1.82) is 0 Å². The maximum absolute atomic E-state index is 11.8. The number of amides is 1. The van der Waals surface area contributed by atoms with E-state index in [1.807, 2.05) is 12.1 Å². The van der Waals surface area contributed by atoms with Crippen LogP contribution in [0.25, 0.3) is 0 Å². The Morgan fingerprint density at radius 1 is 1.50 bits per heavy atom. The molecule has 0 aliphatic heterocycles. The van der Waals surface area contributed by atoms with Crippen molar-refractivity contribution in [3.8, 4) is 5.75 Å². The molecule has 0 spiro atoms. The Balaban J connectivity index is 1.94. The molecule has 1 saturated carbocycles. The van der Waals surface area contributed by atoms with Crippen molar-refractivity contribution >= 4 is 5.91 Å². The average molecular weight is 220 g/mol. The summed E-state index contributed by atoms with van der Waals surface area (Å²) in [5, 5.41) is 9.14. The molecule has 1 aromatic rings. The molecule has 0 saturated heterocycles. The van der Waals surface area contributed by atoms with E-state index in [-0.39, 0.29) is 23.6 Å². The predicted molar refractivity (Wildman–Crippen MR) is 60.7 cm³/mol. The van der Waals surface area contributed by atoms with E-state index >= 15 is 0 Å². The number of hydrogen-bond acceptors (Lipinski definition) is 3. The smallest absolute Gasteiger partial charge is 0.227 e. The fourth-order valence-electron chi connectivity index (χ4n) is 1.73. The van der Waals surface area contributed by atoms with Gasteiger partial charge in [0.25, 0.3) is 0 Å². The van der Waals surface area contributed by atoms with Crippen LogP contribution in [0.2, 0.25) is 0 Å². The van der Waals surface area contributed by atoms with E-state index in [0.29, 0.717) is 6.54 Å². The summed E-state index contributed by atoms with van der Waals surface area (Å²) < 4.78 is 0. The standard InChI is InChI=1S/C12H16N2O2/c1-14(12(16)10-6-11(10)13)7-8-2-4-9(15)5-3-8/h2-5,10-11,15H,6-7,13H2,1H3. The molecule has 86 valence electrons. The molecule has 4 nitrogen and oxygen atoms in total. The fraction of sp³-hybridized carbons (Fsp3) is 0.417. The molecule has 0 heterocycles. The number of phenols is 1. The lowest BCUT2D eigenvalue weighted by atomic mass is 10.2. The summed E-state index contributed by atoms with van der Waals surface area (Å²) in [4.78, 5) is 13.5. The average Bonchev–Trinajstić information content (AvgIpc) is 2.98. The van der Waals surface area contributed by atoms with Crippen molar-refractivity contribution in [2.75, 3.05) is 7.05 Å². The lowest BCUT2D eigenvalue weighted by Crippen LogP contribution is -2.29. The largest absolute Gasteiger partial charge is 0.508 e. The van der Waals surface area contributed by atoms with Gasteiger partial charge in [0.1, 0.15) is 5.75 Å². The Kier molecular flexibility index (Phi) is 2.83. The van der Waals surface area contributed by atoms with E-state index in [4.69, 9.17) is 10.8 Å². The molecule has 2 rings (SSSR count). The highest BCUT2D eigenvalue weighted by Crippen LogP contribution is 2.29. The van der Waals surface area contributed by atoms with Crippen molar-refractivity contribution < 1.29 is 9.90 Å². The molecule has 0 bridgehead atoms. The van der Waals surface area contributed by atoms with Gasteiger partial charge in [-0.3, -0.25) is 4.79 Å². The number of hydrogen-bond donors (Lipinski definition) is 2. The van der Waals surface area contributed by atoms with Crippen LogP contribution in [0.5, 0.6) is 5.75 Å². The molecular formula is C12H16N2O2. The third kappa shape index (κ3) is 2.33. The summed E-state index contributed by atoms with van der Waals surface area (Å²) in [6.45, 7) is 0.558. The zero-order chi connectivity index (χ0) is 11.7. The van der Waals surface area contributed by atoms with E-state index < -0.39 is 0 Å². The van der Waals surface area contributed by atoms with Crippen LogP contribution in [-0.4, -0.2) is 29.0 Å². The first kappa shape index (κ1) is 11.0. The lowest BCUT2D eigenvalue weighted by Gasteiger charge is -2.17. The van der Waals surface area contributed by atoms with E-state index in [9.17, 15) is 4.79 Å². The van der Waals surface area contributed by atoms with Gasteiger partial charge in [0.05, 0.1) is 5.92 Å². The molecule has 1 fully saturated rings. The highest BCUT2D eigenvalue weighted by atomic mass is 16.3. The third-order valence-corrected chi connectivity index (χ3v) is 2.89. The van der Waals surface area contributed by atoms with Crippen LogP contribution in [0.1, 0.15) is 12.0 Å². The highest BCUT2D eigenvalue weighted by Gasteiger charge is 2.41. The Labute approximate surface area is 94.7 Å². The van der Waals surface area contributed by atoms with E-state index in [1.165, 1.54) is 0 Å². The SMILES string of the molecule is CN(Cc1ccc(O)cc1)C(=O)C1CC1N. The molecule has 1 amide bonds. The summed E-state index contributed by atoms with van der Waals surface area (Å²) in [6, 6.07) is 6.92. The Morgan fingerprint density at radius 2 is 2.06 bits per heavy atom. The topological polar surface area (TPSA) is 66.6 Å². The summed E-state index contributed by atoms with van der Waals surface area (Å²) >= 11 is 0. The number of nitrogens with two attached hydrogens (primary N) is 1. The van der Waals surface area contributed by atoms with E-state index in [1.54, 1.807) is 24.1 Å². The van der Waals surface area contributed by atoms with Crippen molar-refractivity contribution in [2.45, 2.75) is 19.0 Å². The van der Waals surface area contributed by atoms with Crippen molar-refractivity contribution in [1.82, 2.24) is 4.90 Å². The number of aromatic hydroxyl groups is 1. The maximum atomic E-state index is 11.8. The lowest BCUT2D eigenvalue weighted by molar-refractivity contribution is -0.131. The van der Waals surface area contributed by atoms with Crippen molar-refractivity contribution in [2.24, 2.45) is 11.7 Å². The second kappa shape index (κ2) is 4.14. The molecule has 1 aliphatic rings. The summed E-state index contributed by atoms with van der Waals surface area (Å²) in [7, 11) is 1.78. The number of benzene rings is 1. The van der Waals surface area contributed by atoms with Crippen LogP contribution in [0.15, 0.2) is 24.3 Å². The van der Waals surface area contributed by atoms with Crippen LogP contribution >= 0.6 is 0 Å². The number of phenolic OH excluding ortho intramolecular Hbond substituents is 1. The maximum Gasteiger partial charge on any atom is 0.227 e. The number of rotatable bonds is 3. The van der Waals surface area contributed by atoms with Gasteiger partial charge >= 0.3 is 0 Å². The second-order valence-electron chi connectivity index (χ2n) is 4.37. The molecule has 0 radical (unpaired) electrons. The van der Waals surface area contributed by atoms with Crippen molar-refractivity contribution in [3.63, 3.8) is 0 Å². The van der Waals surface area contributed by atoms with E-state index in [2.05, 4.69) is 0 Å². The van der Waals surface area contributed by atoms with Gasteiger partial charge in [-0.15, -0.1) is 0 Å². The molecule has 1 aromatic carbocycles. The number of carbonyl (C=O) groups is 1. The van der Waals surface area contributed by atoms with Crippen molar-refractivity contribution in [3.05, 3.63) is 29.8 Å². The first-order valence-electron chi connectivity index (χ1n) is 5.36. The molecule has 16 heavy (non-hydrogen) atoms. The third-order valence-electron chi connectivity index (χ3n) is 2.89. The molecule has 3 N–H and O–H groups in total. The first-order valence-corrected chi connectivity index (χ1v) is 5.36. The number of nitrogens with zero attached hydrogens (tertiary/aromatic N) is 1. The molecule has 1 aliphatic carbocycles. The molecule has 4 heteroatoms. The van der Waals surface area contributed by atoms with Gasteiger partial charge in [-0.25, -0.2) is 0 Å². The van der Waals surface area contributed by atoms with Crippen LogP contribution in [-0.2, 0) is 11.3 Å². The van der Waals surface area contributed by atoms with Gasteiger partial charge in [0.2, 0.25) is 5.91 Å². The molecule has 2 atom stereocenters. The first-order chi connectivity index (χ1) is 7.58. The number of carbonyl (C=O) groups excluding carboxylic acids is 1. The van der Waals surface area contributed by atoms with Gasteiger partial charge in [-0.1, -0.05) is 12.1 Å². The van der Waals surface area contributed by atoms with Crippen LogP contribution in [0.4, 0.5) is 0 Å². The zero-order valence-corrected chi connectivity index (χ0v) is 9.26. The van der Waals surface area contributed by atoms with Gasteiger partial charge in [0, 0.05) is 19.6 Å². The summed E-state index contributed by atoms with van der Waals surface area (Å²) in [5.74, 6) is 0.365. The van der Waals surface area contributed by atoms with Gasteiger partial charge in [-0.05, 0) is 24.1 Å². The fourth-order valence-corrected chi connectivity index (χ4v) is 1.73. The highest BCUT2D eigenvalue weighted by molar-refractivity contribution is 5.82. The molecule has 0 aromatic heterocycles. The van der Waals surface area contributed by atoms with Gasteiger partial charge in [0.15, 0.2) is 0 Å². The van der Waals surface area contributed by atoms with Crippen LogP contribution < -0.4 is 5.73 Å². The second-order valence-corrected chi connectivity index (χ2v) is 4.37. The van der Waals surface area contributed by atoms with Crippen LogP contribution in [0.3, 0.4) is 0 Å². The van der Waals surface area contributed by atoms with Crippen LogP contribution in [0, 0.1) is 5.92 Å². The minimum absolute atomic E-state index is 0.0158. The normalized spacial score (nSPS) is 22.9. The summed E-state index contributed by atoms with van der Waals surface area (Å²) in [5.41, 5.74) is 6.64. The van der Waals surface area contributed by atoms with E-state index in [0.717, 1.165) is 12.0 Å². The monoisotopic (exact) mass is 220 g/mol. The Hall–Kier alpha value is -1.55. The quantitative estimate of drug-likeness (QED) is 0.788. The predicted octanol–water partition coefficient (Wildman–Crippen LogP) is 0.698. The van der Waals surface area contributed by atoms with Gasteiger partial charge < -0.3 is 15.7 Å².